The van der Waals surface area contributed by atoms with Gasteiger partial charge in [0.05, 0.1) is 10.6 Å². The van der Waals surface area contributed by atoms with Crippen LogP contribution < -0.4 is 5.32 Å². The summed E-state index contributed by atoms with van der Waals surface area (Å²) in [6.07, 6.45) is -3.84. The summed E-state index contributed by atoms with van der Waals surface area (Å²) in [4.78, 5) is 26.1. The van der Waals surface area contributed by atoms with Crippen molar-refractivity contribution in [1.82, 2.24) is 5.32 Å². The fourth-order valence-electron chi connectivity index (χ4n) is 2.18. The van der Waals surface area contributed by atoms with Crippen molar-refractivity contribution in [2.24, 2.45) is 16.8 Å². The van der Waals surface area contributed by atoms with Crippen molar-refractivity contribution in [2.75, 3.05) is 6.54 Å². The van der Waals surface area contributed by atoms with Crippen LogP contribution in [0.3, 0.4) is 0 Å². The van der Waals surface area contributed by atoms with Gasteiger partial charge in [-0.1, -0.05) is 13.8 Å². The Morgan fingerprint density at radius 3 is 2.41 bits per heavy atom. The number of alkyl halides is 3. The summed E-state index contributed by atoms with van der Waals surface area (Å²) < 4.78 is 45.0. The normalized spacial score (nSPS) is 19.6. The molecular weight excluding hydrogens is 367 g/mol. The summed E-state index contributed by atoms with van der Waals surface area (Å²) in [5.74, 6) is -1.98. The Balaban J connectivity index is 3.24. The lowest BCUT2D eigenvalue weighted by Gasteiger charge is -2.23. The highest BCUT2D eigenvalue weighted by atomic mass is 19.4. The van der Waals surface area contributed by atoms with E-state index in [1.54, 1.807) is 20.8 Å². The number of alkyl carbamates (subject to hydrolysis) is 1. The molecule has 1 atom stereocenters. The molecule has 0 aromatic heterocycles. The number of halogens is 3. The number of ether oxygens (including phenoxy) is 1. The predicted molar refractivity (Wildman–Crippen MR) is 93.8 cm³/mol. The molecule has 0 spiro atoms. The molecule has 27 heavy (non-hydrogen) atoms. The van der Waals surface area contributed by atoms with E-state index >= 15 is 0 Å². The molecule has 1 unspecified atom stereocenters. The number of hydrogen-bond donors (Lipinski definition) is 1. The SMILES string of the molecule is CC(C)CCN=C1C=C(NC(=O)OC(C)(C)C)C([N+](=O)[O-])=CC1C(F)(F)F. The highest BCUT2D eigenvalue weighted by Gasteiger charge is 2.45. The van der Waals surface area contributed by atoms with E-state index in [9.17, 15) is 28.1 Å². The highest BCUT2D eigenvalue weighted by molar-refractivity contribution is 6.01. The molecule has 10 heteroatoms. The molecule has 152 valence electrons. The van der Waals surface area contributed by atoms with Gasteiger partial charge in [0.25, 0.3) is 5.70 Å². The minimum Gasteiger partial charge on any atom is -0.444 e. The molecule has 0 aliphatic heterocycles. The largest absolute Gasteiger partial charge is 0.444 e. The Labute approximate surface area is 155 Å². The Morgan fingerprint density at radius 1 is 1.37 bits per heavy atom. The standard InChI is InChI=1S/C17H24F3N3O4/c1-10(2)6-7-21-12-9-13(22-15(24)27-16(3,4)5)14(23(25)26)8-11(12)17(18,19)20/h8-11H,6-7H2,1-5H3,(H,22,24). The van der Waals surface area contributed by atoms with Gasteiger partial charge in [-0.25, -0.2) is 4.79 Å². The third kappa shape index (κ3) is 7.40. The van der Waals surface area contributed by atoms with Crippen LogP contribution in [-0.4, -0.2) is 35.1 Å². The van der Waals surface area contributed by atoms with Gasteiger partial charge in [-0.15, -0.1) is 0 Å². The van der Waals surface area contributed by atoms with Crippen molar-refractivity contribution < 1.29 is 27.6 Å². The third-order valence-corrected chi connectivity index (χ3v) is 3.40. The van der Waals surface area contributed by atoms with Crippen LogP contribution in [0.15, 0.2) is 28.5 Å². The number of carbonyl (C=O) groups excluding carboxylic acids is 1. The first-order chi connectivity index (χ1) is 12.2. The van der Waals surface area contributed by atoms with E-state index in [1.165, 1.54) is 0 Å². The number of carbonyl (C=O) groups is 1. The Bertz CT molecular complexity index is 674. The molecular formula is C17H24F3N3O4. The second-order valence-electron chi connectivity index (χ2n) is 7.50. The van der Waals surface area contributed by atoms with Crippen molar-refractivity contribution in [2.45, 2.75) is 52.8 Å². The van der Waals surface area contributed by atoms with Gasteiger partial charge in [0, 0.05) is 12.6 Å². The number of nitro groups is 1. The van der Waals surface area contributed by atoms with Crippen molar-refractivity contribution in [3.05, 3.63) is 33.7 Å². The molecule has 1 rings (SSSR count). The van der Waals surface area contributed by atoms with Gasteiger partial charge in [0.15, 0.2) is 0 Å². The summed E-state index contributed by atoms with van der Waals surface area (Å²) in [6, 6.07) is 0. The lowest BCUT2D eigenvalue weighted by Crippen LogP contribution is -2.37. The molecule has 0 heterocycles. The average Bonchev–Trinajstić information content (AvgIpc) is 2.43. The third-order valence-electron chi connectivity index (χ3n) is 3.40. The van der Waals surface area contributed by atoms with E-state index in [1.807, 2.05) is 13.8 Å². The fourth-order valence-corrected chi connectivity index (χ4v) is 2.18. The second kappa shape index (κ2) is 8.53. The predicted octanol–water partition coefficient (Wildman–Crippen LogP) is 4.23. The molecule has 1 aliphatic rings. The molecule has 0 saturated carbocycles. The van der Waals surface area contributed by atoms with Gasteiger partial charge in [-0.05, 0) is 39.2 Å². The van der Waals surface area contributed by atoms with Gasteiger partial charge in [-0.3, -0.25) is 20.4 Å². The minimum atomic E-state index is -4.74. The molecule has 1 N–H and O–H groups in total. The maximum Gasteiger partial charge on any atom is 0.412 e. The zero-order valence-electron chi connectivity index (χ0n) is 15.9. The molecule has 0 bridgehead atoms. The lowest BCUT2D eigenvalue weighted by atomic mass is 9.94. The summed E-state index contributed by atoms with van der Waals surface area (Å²) in [7, 11) is 0. The smallest absolute Gasteiger partial charge is 0.412 e. The Hall–Kier alpha value is -2.39. The first kappa shape index (κ1) is 22.7. The first-order valence-electron chi connectivity index (χ1n) is 8.40. The fraction of sp³-hybridized carbons (Fsp3) is 0.647. The van der Waals surface area contributed by atoms with Gasteiger partial charge >= 0.3 is 12.3 Å². The van der Waals surface area contributed by atoms with Crippen molar-refractivity contribution in [3.8, 4) is 0 Å². The quantitative estimate of drug-likeness (QED) is 0.560. The van der Waals surface area contributed by atoms with Crippen LogP contribution in [0.25, 0.3) is 0 Å². The van der Waals surface area contributed by atoms with Crippen molar-refractivity contribution in [1.29, 1.82) is 0 Å². The van der Waals surface area contributed by atoms with Gasteiger partial charge < -0.3 is 4.74 Å². The van der Waals surface area contributed by atoms with Crippen molar-refractivity contribution in [3.63, 3.8) is 0 Å². The van der Waals surface area contributed by atoms with Crippen LogP contribution in [0.2, 0.25) is 0 Å². The highest BCUT2D eigenvalue weighted by Crippen LogP contribution is 2.34. The summed E-state index contributed by atoms with van der Waals surface area (Å²) >= 11 is 0. The molecule has 0 radical (unpaired) electrons. The zero-order chi connectivity index (χ0) is 21.0. The van der Waals surface area contributed by atoms with E-state index < -0.39 is 40.1 Å². The summed E-state index contributed by atoms with van der Waals surface area (Å²) in [6.45, 7) is 8.70. The van der Waals surface area contributed by atoms with E-state index in [0.29, 0.717) is 12.5 Å². The van der Waals surface area contributed by atoms with Crippen molar-refractivity contribution >= 4 is 11.8 Å². The van der Waals surface area contributed by atoms with E-state index in [0.717, 1.165) is 6.08 Å². The summed E-state index contributed by atoms with van der Waals surface area (Å²) in [5.41, 5.74) is -2.51. The van der Waals surface area contributed by atoms with Crippen LogP contribution in [0.1, 0.15) is 41.0 Å². The van der Waals surface area contributed by atoms with Crippen LogP contribution in [0, 0.1) is 22.0 Å². The van der Waals surface area contributed by atoms with Gasteiger partial charge in [0.1, 0.15) is 17.2 Å². The van der Waals surface area contributed by atoms with E-state index in [4.69, 9.17) is 4.74 Å². The van der Waals surface area contributed by atoms with Gasteiger partial charge in [0.2, 0.25) is 0 Å². The lowest BCUT2D eigenvalue weighted by molar-refractivity contribution is -0.422. The number of rotatable bonds is 5. The Kier molecular flexibility index (Phi) is 7.16. The second-order valence-corrected chi connectivity index (χ2v) is 7.50. The van der Waals surface area contributed by atoms with Gasteiger partial charge in [-0.2, -0.15) is 13.2 Å². The number of amides is 1. The average molecular weight is 391 g/mol. The minimum absolute atomic E-state index is 0.136. The number of nitrogens with zero attached hydrogens (tertiary/aromatic N) is 2. The maximum absolute atomic E-state index is 13.3. The number of nitrogens with one attached hydrogen (secondary N) is 1. The molecule has 0 fully saturated rings. The molecule has 0 aromatic carbocycles. The van der Waals surface area contributed by atoms with Crippen LogP contribution in [0.5, 0.6) is 0 Å². The molecule has 0 saturated heterocycles. The monoisotopic (exact) mass is 391 g/mol. The number of aliphatic imine (C=N–C) groups is 1. The van der Waals surface area contributed by atoms with Crippen LogP contribution in [0.4, 0.5) is 18.0 Å². The molecule has 1 amide bonds. The first-order valence-corrected chi connectivity index (χ1v) is 8.40. The topological polar surface area (TPSA) is 93.8 Å². The number of allylic oxidation sites excluding steroid dienone is 2. The zero-order valence-corrected chi connectivity index (χ0v) is 15.9. The molecule has 7 nitrogen and oxygen atoms in total. The summed E-state index contributed by atoms with van der Waals surface area (Å²) in [5, 5.41) is 13.4. The molecule has 0 aromatic rings. The van der Waals surface area contributed by atoms with Crippen LogP contribution in [-0.2, 0) is 4.74 Å². The number of hydrogen-bond acceptors (Lipinski definition) is 5. The van der Waals surface area contributed by atoms with Crippen LogP contribution >= 0.6 is 0 Å². The Morgan fingerprint density at radius 2 is 1.96 bits per heavy atom. The van der Waals surface area contributed by atoms with E-state index in [-0.39, 0.29) is 18.2 Å². The molecule has 1 aliphatic carbocycles. The van der Waals surface area contributed by atoms with E-state index in [2.05, 4.69) is 10.3 Å². The maximum atomic E-state index is 13.3.